The SMILES string of the molecule is CC(C)CC/C=C(/c1ccc(Cl)cc1)[Si](C)(C)C. The Morgan fingerprint density at radius 2 is 1.72 bits per heavy atom. The maximum absolute atomic E-state index is 5.97. The Balaban J connectivity index is 2.95. The zero-order valence-electron chi connectivity index (χ0n) is 12.3. The Morgan fingerprint density at radius 1 is 1.17 bits per heavy atom. The lowest BCUT2D eigenvalue weighted by Gasteiger charge is -2.22. The third kappa shape index (κ3) is 4.99. The molecule has 100 valence electrons. The van der Waals surface area contributed by atoms with Crippen LogP contribution in [0.2, 0.25) is 24.7 Å². The number of hydrogen-bond donors (Lipinski definition) is 0. The molecule has 0 aromatic heterocycles. The van der Waals surface area contributed by atoms with E-state index < -0.39 is 8.07 Å². The summed E-state index contributed by atoms with van der Waals surface area (Å²) in [5.41, 5.74) is 1.35. The van der Waals surface area contributed by atoms with E-state index in [2.05, 4.69) is 51.7 Å². The van der Waals surface area contributed by atoms with Gasteiger partial charge in [-0.05, 0) is 36.5 Å². The molecule has 0 saturated heterocycles. The van der Waals surface area contributed by atoms with Crippen molar-refractivity contribution >= 4 is 24.9 Å². The van der Waals surface area contributed by atoms with Crippen LogP contribution in [-0.4, -0.2) is 8.07 Å². The highest BCUT2D eigenvalue weighted by Crippen LogP contribution is 2.28. The van der Waals surface area contributed by atoms with Gasteiger partial charge in [0.2, 0.25) is 0 Å². The van der Waals surface area contributed by atoms with Crippen LogP contribution < -0.4 is 0 Å². The Labute approximate surface area is 118 Å². The van der Waals surface area contributed by atoms with E-state index >= 15 is 0 Å². The minimum atomic E-state index is -1.30. The minimum absolute atomic E-state index is 0.773. The molecule has 2 heteroatoms. The number of halogens is 1. The fraction of sp³-hybridized carbons (Fsp3) is 0.500. The van der Waals surface area contributed by atoms with Crippen LogP contribution in [-0.2, 0) is 0 Å². The first-order chi connectivity index (χ1) is 8.30. The van der Waals surface area contributed by atoms with Gasteiger partial charge in [0.15, 0.2) is 0 Å². The van der Waals surface area contributed by atoms with Crippen molar-refractivity contribution in [2.24, 2.45) is 5.92 Å². The van der Waals surface area contributed by atoms with Crippen LogP contribution in [0, 0.1) is 5.92 Å². The Hall–Kier alpha value is -0.533. The predicted molar refractivity (Wildman–Crippen MR) is 86.8 cm³/mol. The van der Waals surface area contributed by atoms with E-state index in [1.165, 1.54) is 18.4 Å². The first-order valence-corrected chi connectivity index (χ1v) is 10.6. The summed E-state index contributed by atoms with van der Waals surface area (Å²) in [7, 11) is -1.30. The fourth-order valence-corrected chi connectivity index (χ4v) is 3.96. The summed E-state index contributed by atoms with van der Waals surface area (Å²) in [4.78, 5) is 0. The van der Waals surface area contributed by atoms with Crippen molar-refractivity contribution in [3.8, 4) is 0 Å². The maximum Gasteiger partial charge on any atom is 0.0779 e. The Kier molecular flexibility index (Phi) is 5.68. The average Bonchev–Trinajstić information content (AvgIpc) is 2.24. The van der Waals surface area contributed by atoms with Gasteiger partial charge in [-0.15, -0.1) is 0 Å². The van der Waals surface area contributed by atoms with Crippen LogP contribution in [0.5, 0.6) is 0 Å². The summed E-state index contributed by atoms with van der Waals surface area (Å²) < 4.78 is 0. The van der Waals surface area contributed by atoms with Crippen molar-refractivity contribution in [3.05, 3.63) is 40.9 Å². The van der Waals surface area contributed by atoms with Crippen molar-refractivity contribution in [2.45, 2.75) is 46.3 Å². The molecular formula is C16H25ClSi. The molecule has 0 atom stereocenters. The van der Waals surface area contributed by atoms with Crippen molar-refractivity contribution < 1.29 is 0 Å². The van der Waals surface area contributed by atoms with E-state index in [-0.39, 0.29) is 0 Å². The van der Waals surface area contributed by atoms with Crippen LogP contribution in [0.3, 0.4) is 0 Å². The highest BCUT2D eigenvalue weighted by Gasteiger charge is 2.20. The summed E-state index contributed by atoms with van der Waals surface area (Å²) in [6, 6.07) is 8.30. The predicted octanol–water partition coefficient (Wildman–Crippen LogP) is 6.04. The van der Waals surface area contributed by atoms with Crippen molar-refractivity contribution in [1.82, 2.24) is 0 Å². The molecule has 0 N–H and O–H groups in total. The second-order valence-corrected chi connectivity index (χ2v) is 11.8. The monoisotopic (exact) mass is 280 g/mol. The zero-order chi connectivity index (χ0) is 13.8. The number of rotatable bonds is 5. The van der Waals surface area contributed by atoms with E-state index in [9.17, 15) is 0 Å². The molecule has 1 rings (SSSR count). The molecule has 0 unspecified atom stereocenters. The van der Waals surface area contributed by atoms with Gasteiger partial charge in [-0.25, -0.2) is 0 Å². The molecule has 0 radical (unpaired) electrons. The lowest BCUT2D eigenvalue weighted by Crippen LogP contribution is -2.22. The van der Waals surface area contributed by atoms with Gasteiger partial charge < -0.3 is 0 Å². The van der Waals surface area contributed by atoms with E-state index in [1.54, 1.807) is 5.20 Å². The number of allylic oxidation sites excluding steroid dienone is 1. The third-order valence-corrected chi connectivity index (χ3v) is 5.42. The van der Waals surface area contributed by atoms with Gasteiger partial charge in [0.05, 0.1) is 8.07 Å². The largest absolute Gasteiger partial charge is 0.0847 e. The van der Waals surface area contributed by atoms with E-state index in [4.69, 9.17) is 11.6 Å². The molecule has 18 heavy (non-hydrogen) atoms. The smallest absolute Gasteiger partial charge is 0.0779 e. The Bertz CT molecular complexity index is 396. The van der Waals surface area contributed by atoms with Gasteiger partial charge in [0.25, 0.3) is 0 Å². The van der Waals surface area contributed by atoms with Gasteiger partial charge in [-0.2, -0.15) is 0 Å². The molecule has 1 aromatic rings. The van der Waals surface area contributed by atoms with Crippen molar-refractivity contribution in [3.63, 3.8) is 0 Å². The molecular weight excluding hydrogens is 256 g/mol. The number of benzene rings is 1. The molecule has 0 amide bonds. The molecule has 0 aliphatic heterocycles. The van der Waals surface area contributed by atoms with Crippen LogP contribution in [0.4, 0.5) is 0 Å². The van der Waals surface area contributed by atoms with Crippen LogP contribution in [0.15, 0.2) is 30.3 Å². The van der Waals surface area contributed by atoms with Crippen molar-refractivity contribution in [2.75, 3.05) is 0 Å². The topological polar surface area (TPSA) is 0 Å². The summed E-state index contributed by atoms with van der Waals surface area (Å²) in [5.74, 6) is 0.773. The lowest BCUT2D eigenvalue weighted by atomic mass is 10.1. The summed E-state index contributed by atoms with van der Waals surface area (Å²) >= 11 is 5.97. The van der Waals surface area contributed by atoms with Crippen LogP contribution >= 0.6 is 11.6 Å². The first-order valence-electron chi connectivity index (χ1n) is 6.77. The van der Waals surface area contributed by atoms with Gasteiger partial charge in [0.1, 0.15) is 0 Å². The summed E-state index contributed by atoms with van der Waals surface area (Å²) in [5, 5.41) is 2.37. The molecule has 0 aliphatic carbocycles. The second kappa shape index (κ2) is 6.58. The molecule has 0 aliphatic rings. The fourth-order valence-electron chi connectivity index (χ4n) is 2.05. The van der Waals surface area contributed by atoms with E-state index in [1.807, 2.05) is 12.1 Å². The third-order valence-electron chi connectivity index (χ3n) is 3.06. The molecule has 0 bridgehead atoms. The second-order valence-electron chi connectivity index (χ2n) is 6.35. The molecule has 0 saturated carbocycles. The standard InChI is InChI=1S/C16H25ClSi/c1-13(2)7-6-8-16(18(3,4)5)14-9-11-15(17)12-10-14/h8-13H,6-7H2,1-5H3/b16-8-. The summed E-state index contributed by atoms with van der Waals surface area (Å²) in [6.07, 6.45) is 4.90. The first kappa shape index (κ1) is 15.5. The van der Waals surface area contributed by atoms with Gasteiger partial charge >= 0.3 is 0 Å². The Morgan fingerprint density at radius 3 is 2.17 bits per heavy atom. The highest BCUT2D eigenvalue weighted by molar-refractivity contribution is 6.93. The lowest BCUT2D eigenvalue weighted by molar-refractivity contribution is 0.595. The van der Waals surface area contributed by atoms with Crippen LogP contribution in [0.25, 0.3) is 5.20 Å². The molecule has 0 spiro atoms. The van der Waals surface area contributed by atoms with Crippen LogP contribution in [0.1, 0.15) is 32.3 Å². The van der Waals surface area contributed by atoms with E-state index in [0.717, 1.165) is 10.9 Å². The normalized spacial score (nSPS) is 13.2. The van der Waals surface area contributed by atoms with Gasteiger partial charge in [-0.1, -0.05) is 68.5 Å². The molecule has 0 fully saturated rings. The number of hydrogen-bond acceptors (Lipinski definition) is 0. The molecule has 0 heterocycles. The minimum Gasteiger partial charge on any atom is -0.0847 e. The average molecular weight is 281 g/mol. The zero-order valence-corrected chi connectivity index (χ0v) is 14.0. The van der Waals surface area contributed by atoms with Crippen molar-refractivity contribution in [1.29, 1.82) is 0 Å². The highest BCUT2D eigenvalue weighted by atomic mass is 35.5. The van der Waals surface area contributed by atoms with E-state index in [0.29, 0.717) is 0 Å². The quantitative estimate of drug-likeness (QED) is 0.577. The van der Waals surface area contributed by atoms with Gasteiger partial charge in [0, 0.05) is 5.02 Å². The summed E-state index contributed by atoms with van der Waals surface area (Å²) in [6.45, 7) is 11.8. The molecule has 0 nitrogen and oxygen atoms in total. The molecule has 1 aromatic carbocycles. The maximum atomic E-state index is 5.97. The van der Waals surface area contributed by atoms with Gasteiger partial charge in [-0.3, -0.25) is 0 Å².